The highest BCUT2D eigenvalue weighted by Gasteiger charge is 2.14. The summed E-state index contributed by atoms with van der Waals surface area (Å²) in [6, 6.07) is 7.82. The van der Waals surface area contributed by atoms with Gasteiger partial charge in [-0.3, -0.25) is 4.79 Å². The topological polar surface area (TPSA) is 59.8 Å². The van der Waals surface area contributed by atoms with Crippen molar-refractivity contribution in [1.82, 2.24) is 14.8 Å². The minimum Gasteiger partial charge on any atom is -0.305 e. The molecule has 0 unspecified atom stereocenters. The molecule has 7 heteroatoms. The molecule has 3 aromatic rings. The molecule has 0 fully saturated rings. The molecular weight excluding hydrogens is 327 g/mol. The number of amides is 1. The monoisotopic (exact) mass is 344 g/mol. The Kier molecular flexibility index (Phi) is 5.00. The number of rotatable bonds is 6. The van der Waals surface area contributed by atoms with E-state index in [1.54, 1.807) is 34.5 Å². The van der Waals surface area contributed by atoms with Gasteiger partial charge in [-0.1, -0.05) is 13.3 Å². The van der Waals surface area contributed by atoms with E-state index < -0.39 is 0 Å². The molecule has 1 N–H and O–H groups in total. The Morgan fingerprint density at radius 3 is 2.83 bits per heavy atom. The molecule has 2 heterocycles. The predicted octanol–water partition coefficient (Wildman–Crippen LogP) is 4.20. The van der Waals surface area contributed by atoms with E-state index in [1.807, 2.05) is 0 Å². The van der Waals surface area contributed by atoms with Crippen molar-refractivity contribution in [3.05, 3.63) is 53.4 Å². The number of unbranched alkanes of at least 4 members (excludes halogenated alkanes) is 1. The third kappa shape index (κ3) is 3.68. The lowest BCUT2D eigenvalue weighted by Crippen LogP contribution is -2.16. The average molecular weight is 344 g/mol. The van der Waals surface area contributed by atoms with Gasteiger partial charge in [0.2, 0.25) is 0 Å². The second-order valence-electron chi connectivity index (χ2n) is 5.29. The molecule has 0 aliphatic heterocycles. The minimum absolute atomic E-state index is 0.280. The highest BCUT2D eigenvalue weighted by molar-refractivity contribution is 7.13. The maximum atomic E-state index is 13.0. The summed E-state index contributed by atoms with van der Waals surface area (Å²) >= 11 is 1.35. The number of hydrogen-bond donors (Lipinski definition) is 1. The molecule has 0 saturated carbocycles. The summed E-state index contributed by atoms with van der Waals surface area (Å²) < 4.78 is 14.8. The number of anilines is 1. The summed E-state index contributed by atoms with van der Waals surface area (Å²) in [6.07, 6.45) is 3.71. The van der Waals surface area contributed by atoms with Gasteiger partial charge in [-0.25, -0.2) is 14.1 Å². The first kappa shape index (κ1) is 16.3. The van der Waals surface area contributed by atoms with Crippen molar-refractivity contribution < 1.29 is 9.18 Å². The Morgan fingerprint density at radius 1 is 1.29 bits per heavy atom. The summed E-state index contributed by atoms with van der Waals surface area (Å²) in [5.41, 5.74) is 1.12. The van der Waals surface area contributed by atoms with Crippen molar-refractivity contribution in [2.24, 2.45) is 0 Å². The Morgan fingerprint density at radius 2 is 2.08 bits per heavy atom. The van der Waals surface area contributed by atoms with E-state index in [1.165, 1.54) is 23.5 Å². The van der Waals surface area contributed by atoms with E-state index in [9.17, 15) is 9.18 Å². The van der Waals surface area contributed by atoms with Gasteiger partial charge in [0, 0.05) is 23.6 Å². The predicted molar refractivity (Wildman–Crippen MR) is 92.6 cm³/mol. The Balaban J connectivity index is 1.72. The fraction of sp³-hybridized carbons (Fsp3) is 0.235. The van der Waals surface area contributed by atoms with Crippen LogP contribution in [0, 0.1) is 5.82 Å². The zero-order chi connectivity index (χ0) is 16.9. The first-order valence-electron chi connectivity index (χ1n) is 7.72. The van der Waals surface area contributed by atoms with Crippen molar-refractivity contribution in [2.75, 3.05) is 5.32 Å². The number of thiazole rings is 1. The highest BCUT2D eigenvalue weighted by Crippen LogP contribution is 2.24. The van der Waals surface area contributed by atoms with Crippen molar-refractivity contribution in [1.29, 1.82) is 0 Å². The molecular formula is C17H17FN4OS. The van der Waals surface area contributed by atoms with Crippen molar-refractivity contribution in [3.8, 4) is 10.6 Å². The Bertz CT molecular complexity index is 825. The molecule has 0 aliphatic carbocycles. The lowest BCUT2D eigenvalue weighted by Gasteiger charge is -2.07. The number of aromatic nitrogens is 3. The smallest absolute Gasteiger partial charge is 0.276 e. The van der Waals surface area contributed by atoms with Crippen LogP contribution in [-0.4, -0.2) is 20.7 Å². The lowest BCUT2D eigenvalue weighted by atomic mass is 10.2. The van der Waals surface area contributed by atoms with Crippen LogP contribution in [0.1, 0.15) is 30.3 Å². The average Bonchev–Trinajstić information content (AvgIpc) is 3.23. The van der Waals surface area contributed by atoms with Crippen molar-refractivity contribution >= 4 is 23.1 Å². The van der Waals surface area contributed by atoms with Gasteiger partial charge in [-0.2, -0.15) is 5.10 Å². The van der Waals surface area contributed by atoms with Crippen LogP contribution in [0.3, 0.4) is 0 Å². The van der Waals surface area contributed by atoms with Crippen LogP contribution < -0.4 is 5.32 Å². The van der Waals surface area contributed by atoms with Crippen LogP contribution in [0.5, 0.6) is 0 Å². The van der Waals surface area contributed by atoms with Gasteiger partial charge < -0.3 is 5.32 Å². The lowest BCUT2D eigenvalue weighted by molar-refractivity contribution is 0.102. The second-order valence-corrected chi connectivity index (χ2v) is 6.15. The van der Waals surface area contributed by atoms with E-state index in [0.29, 0.717) is 16.5 Å². The SMILES string of the molecule is CCCCn1nccc1NC(=O)c1csc(-c2ccc(F)cc2)n1. The molecule has 1 aromatic carbocycles. The van der Waals surface area contributed by atoms with Gasteiger partial charge in [-0.15, -0.1) is 11.3 Å². The maximum Gasteiger partial charge on any atom is 0.276 e. The number of carbonyl (C=O) groups is 1. The molecule has 0 atom stereocenters. The zero-order valence-corrected chi connectivity index (χ0v) is 14.0. The zero-order valence-electron chi connectivity index (χ0n) is 13.2. The van der Waals surface area contributed by atoms with E-state index >= 15 is 0 Å². The molecule has 0 aliphatic rings. The van der Waals surface area contributed by atoms with Gasteiger partial charge in [-0.05, 0) is 30.7 Å². The van der Waals surface area contributed by atoms with Gasteiger partial charge in [0.05, 0.1) is 6.20 Å². The molecule has 0 spiro atoms. The van der Waals surface area contributed by atoms with Crippen molar-refractivity contribution in [2.45, 2.75) is 26.3 Å². The molecule has 3 rings (SSSR count). The summed E-state index contributed by atoms with van der Waals surface area (Å²) in [5.74, 6) is 0.0799. The van der Waals surface area contributed by atoms with Gasteiger partial charge in [0.1, 0.15) is 22.3 Å². The van der Waals surface area contributed by atoms with E-state index in [2.05, 4.69) is 22.3 Å². The van der Waals surface area contributed by atoms with E-state index in [0.717, 1.165) is 24.9 Å². The molecule has 2 aromatic heterocycles. The fourth-order valence-corrected chi connectivity index (χ4v) is 3.01. The number of hydrogen-bond acceptors (Lipinski definition) is 4. The molecule has 0 radical (unpaired) electrons. The maximum absolute atomic E-state index is 13.0. The van der Waals surface area contributed by atoms with Crippen LogP contribution in [0.15, 0.2) is 41.9 Å². The molecule has 5 nitrogen and oxygen atoms in total. The van der Waals surface area contributed by atoms with Crippen LogP contribution >= 0.6 is 11.3 Å². The molecule has 0 saturated heterocycles. The summed E-state index contributed by atoms with van der Waals surface area (Å²) in [6.45, 7) is 2.87. The first-order valence-corrected chi connectivity index (χ1v) is 8.60. The third-order valence-electron chi connectivity index (χ3n) is 3.51. The molecule has 1 amide bonds. The molecule has 24 heavy (non-hydrogen) atoms. The van der Waals surface area contributed by atoms with Crippen LogP contribution in [0.2, 0.25) is 0 Å². The second kappa shape index (κ2) is 7.35. The summed E-state index contributed by atoms with van der Waals surface area (Å²) in [5, 5.41) is 9.42. The number of aryl methyl sites for hydroxylation is 1. The number of halogens is 1. The van der Waals surface area contributed by atoms with Gasteiger partial charge in [0.25, 0.3) is 5.91 Å². The number of carbonyl (C=O) groups excluding carboxylic acids is 1. The number of benzene rings is 1. The summed E-state index contributed by atoms with van der Waals surface area (Å²) in [4.78, 5) is 16.7. The first-order chi connectivity index (χ1) is 11.7. The third-order valence-corrected chi connectivity index (χ3v) is 4.40. The molecule has 124 valence electrons. The largest absolute Gasteiger partial charge is 0.305 e. The Hall–Kier alpha value is -2.54. The van der Waals surface area contributed by atoms with E-state index in [-0.39, 0.29) is 11.7 Å². The quantitative estimate of drug-likeness (QED) is 0.729. The summed E-state index contributed by atoms with van der Waals surface area (Å²) in [7, 11) is 0. The van der Waals surface area contributed by atoms with Crippen LogP contribution in [-0.2, 0) is 6.54 Å². The fourth-order valence-electron chi connectivity index (χ4n) is 2.21. The number of nitrogens with one attached hydrogen (secondary N) is 1. The minimum atomic E-state index is -0.298. The Labute approximate surface area is 143 Å². The van der Waals surface area contributed by atoms with E-state index in [4.69, 9.17) is 0 Å². The normalized spacial score (nSPS) is 10.8. The number of nitrogens with zero attached hydrogens (tertiary/aromatic N) is 3. The van der Waals surface area contributed by atoms with Gasteiger partial charge in [0.15, 0.2) is 0 Å². The van der Waals surface area contributed by atoms with Crippen LogP contribution in [0.25, 0.3) is 10.6 Å². The standard InChI is InChI=1S/C17H17FN4OS/c1-2-3-10-22-15(8-9-19-22)21-16(23)14-11-24-17(20-14)12-4-6-13(18)7-5-12/h4-9,11H,2-3,10H2,1H3,(H,21,23). The van der Waals surface area contributed by atoms with Crippen LogP contribution in [0.4, 0.5) is 10.2 Å². The van der Waals surface area contributed by atoms with Crippen molar-refractivity contribution in [3.63, 3.8) is 0 Å². The highest BCUT2D eigenvalue weighted by atomic mass is 32.1. The molecule has 0 bridgehead atoms. The van der Waals surface area contributed by atoms with Gasteiger partial charge >= 0.3 is 0 Å².